The largest absolute Gasteiger partial charge is 0.398 e. The summed E-state index contributed by atoms with van der Waals surface area (Å²) in [6.45, 7) is 6.30. The first-order valence-electron chi connectivity index (χ1n) is 7.80. The number of aryl methyl sites for hydroxylation is 3. The number of carbonyl (C=O) groups excluding carboxylic acids is 1. The highest BCUT2D eigenvalue weighted by molar-refractivity contribution is 6.08. The zero-order chi connectivity index (χ0) is 17.4. The van der Waals surface area contributed by atoms with Crippen LogP contribution in [0.4, 0.5) is 5.69 Å². The average molecular weight is 323 g/mol. The Hall–Kier alpha value is -2.89. The van der Waals surface area contributed by atoms with Gasteiger partial charge in [0.1, 0.15) is 5.69 Å². The first kappa shape index (κ1) is 16.0. The minimum Gasteiger partial charge on any atom is -0.398 e. The van der Waals surface area contributed by atoms with Gasteiger partial charge in [0.25, 0.3) is 5.91 Å². The third-order valence-electron chi connectivity index (χ3n) is 4.36. The summed E-state index contributed by atoms with van der Waals surface area (Å²) in [7, 11) is 1.89. The normalized spacial score (nSPS) is 11.0. The molecule has 3 N–H and O–H groups in total. The molecular weight excluding hydrogens is 302 g/mol. The number of fused-ring (bicyclic) bond motifs is 1. The van der Waals surface area contributed by atoms with Crippen LogP contribution in [0.15, 0.2) is 24.4 Å². The predicted molar refractivity (Wildman–Crippen MR) is 94.7 cm³/mol. The number of nitrogens with zero attached hydrogens (tertiary/aromatic N) is 3. The van der Waals surface area contributed by atoms with Gasteiger partial charge < -0.3 is 11.1 Å². The minimum atomic E-state index is -0.215. The lowest BCUT2D eigenvalue weighted by atomic mass is 10.0. The molecule has 0 radical (unpaired) electrons. The molecule has 3 aromatic rings. The quantitative estimate of drug-likeness (QED) is 0.725. The second-order valence-electron chi connectivity index (χ2n) is 6.06. The van der Waals surface area contributed by atoms with Gasteiger partial charge in [0.2, 0.25) is 0 Å². The Balaban J connectivity index is 1.92. The lowest BCUT2D eigenvalue weighted by Crippen LogP contribution is -2.24. The number of nitrogen functional groups attached to an aromatic ring is 1. The molecule has 0 aliphatic carbocycles. The van der Waals surface area contributed by atoms with Crippen molar-refractivity contribution < 1.29 is 4.79 Å². The van der Waals surface area contributed by atoms with E-state index in [1.54, 1.807) is 6.20 Å². The number of anilines is 1. The van der Waals surface area contributed by atoms with Crippen LogP contribution in [0, 0.1) is 20.8 Å². The summed E-state index contributed by atoms with van der Waals surface area (Å²) in [6.07, 6.45) is 1.61. The number of rotatable bonds is 3. The van der Waals surface area contributed by atoms with Crippen LogP contribution in [0.2, 0.25) is 0 Å². The monoisotopic (exact) mass is 323 g/mol. The number of aromatic nitrogens is 3. The Bertz CT molecular complexity index is 942. The molecule has 3 rings (SSSR count). The number of amides is 1. The fraction of sp³-hybridized carbons (Fsp3) is 0.278. The maximum absolute atomic E-state index is 12.6. The molecule has 0 aliphatic rings. The van der Waals surface area contributed by atoms with Crippen LogP contribution < -0.4 is 11.1 Å². The summed E-state index contributed by atoms with van der Waals surface area (Å²) in [5, 5.41) is 8.93. The van der Waals surface area contributed by atoms with Crippen LogP contribution in [-0.4, -0.2) is 20.7 Å². The third kappa shape index (κ3) is 2.71. The molecule has 0 aliphatic heterocycles. The fourth-order valence-electron chi connectivity index (χ4n) is 2.97. The number of hydrogen-bond acceptors (Lipinski definition) is 4. The smallest absolute Gasteiger partial charge is 0.270 e. The summed E-state index contributed by atoms with van der Waals surface area (Å²) >= 11 is 0. The van der Waals surface area contributed by atoms with Crippen molar-refractivity contribution in [3.05, 3.63) is 52.6 Å². The number of benzene rings is 1. The summed E-state index contributed by atoms with van der Waals surface area (Å²) in [4.78, 5) is 16.9. The lowest BCUT2D eigenvalue weighted by molar-refractivity contribution is 0.0947. The molecule has 1 aromatic carbocycles. The Labute approximate surface area is 140 Å². The number of nitrogens with two attached hydrogens (primary N) is 1. The van der Waals surface area contributed by atoms with Gasteiger partial charge in [0.05, 0.1) is 5.69 Å². The fourth-order valence-corrected chi connectivity index (χ4v) is 2.97. The van der Waals surface area contributed by atoms with Crippen LogP contribution in [0.1, 0.15) is 33.0 Å². The molecule has 2 aromatic heterocycles. The average Bonchev–Trinajstić information content (AvgIpc) is 2.77. The minimum absolute atomic E-state index is 0.215. The molecule has 0 spiro atoms. The Kier molecular flexibility index (Phi) is 3.97. The molecule has 0 saturated carbocycles. The van der Waals surface area contributed by atoms with Crippen molar-refractivity contribution in [2.24, 2.45) is 7.05 Å². The Morgan fingerprint density at radius 3 is 2.67 bits per heavy atom. The van der Waals surface area contributed by atoms with Crippen LogP contribution >= 0.6 is 0 Å². The number of pyridine rings is 1. The van der Waals surface area contributed by atoms with Crippen molar-refractivity contribution in [2.45, 2.75) is 27.3 Å². The molecule has 0 bridgehead atoms. The molecule has 24 heavy (non-hydrogen) atoms. The summed E-state index contributed by atoms with van der Waals surface area (Å²) in [6, 6.07) is 5.66. The number of nitrogens with one attached hydrogen (secondary N) is 1. The highest BCUT2D eigenvalue weighted by atomic mass is 16.1. The van der Waals surface area contributed by atoms with Crippen molar-refractivity contribution >= 4 is 22.4 Å². The second-order valence-corrected chi connectivity index (χ2v) is 6.06. The van der Waals surface area contributed by atoms with Crippen LogP contribution in [0.5, 0.6) is 0 Å². The molecule has 6 nitrogen and oxygen atoms in total. The number of carbonyl (C=O) groups is 1. The number of hydrogen-bond donors (Lipinski definition) is 2. The molecule has 0 fully saturated rings. The first-order valence-corrected chi connectivity index (χ1v) is 7.80. The van der Waals surface area contributed by atoms with E-state index in [9.17, 15) is 4.79 Å². The third-order valence-corrected chi connectivity index (χ3v) is 4.36. The van der Waals surface area contributed by atoms with Crippen molar-refractivity contribution in [1.82, 2.24) is 20.1 Å². The van der Waals surface area contributed by atoms with Gasteiger partial charge in [0, 0.05) is 47.5 Å². The topological polar surface area (TPSA) is 85.8 Å². The van der Waals surface area contributed by atoms with Gasteiger partial charge in [-0.3, -0.25) is 14.5 Å². The van der Waals surface area contributed by atoms with Crippen molar-refractivity contribution in [3.63, 3.8) is 0 Å². The second kappa shape index (κ2) is 5.96. The van der Waals surface area contributed by atoms with Gasteiger partial charge in [-0.05, 0) is 44.5 Å². The van der Waals surface area contributed by atoms with Gasteiger partial charge in [-0.1, -0.05) is 0 Å². The molecule has 6 heteroatoms. The molecule has 2 heterocycles. The lowest BCUT2D eigenvalue weighted by Gasteiger charge is -2.10. The molecule has 0 atom stereocenters. The van der Waals surface area contributed by atoms with E-state index < -0.39 is 0 Å². The highest BCUT2D eigenvalue weighted by Gasteiger charge is 2.15. The molecule has 124 valence electrons. The zero-order valence-corrected chi connectivity index (χ0v) is 14.3. The summed E-state index contributed by atoms with van der Waals surface area (Å²) in [5.74, 6) is -0.215. The SMILES string of the molecule is Cc1cc(N)c2ccnc(C(=O)NCc3c(C)nn(C)c3C)c2c1. The molecule has 0 saturated heterocycles. The zero-order valence-electron chi connectivity index (χ0n) is 14.3. The van der Waals surface area contributed by atoms with E-state index in [0.717, 1.165) is 33.3 Å². The van der Waals surface area contributed by atoms with E-state index in [1.807, 2.05) is 50.7 Å². The van der Waals surface area contributed by atoms with Crippen LogP contribution in [0.3, 0.4) is 0 Å². The van der Waals surface area contributed by atoms with E-state index in [4.69, 9.17) is 5.73 Å². The van der Waals surface area contributed by atoms with Gasteiger partial charge >= 0.3 is 0 Å². The summed E-state index contributed by atoms with van der Waals surface area (Å²) < 4.78 is 1.82. The van der Waals surface area contributed by atoms with Gasteiger partial charge in [0.15, 0.2) is 0 Å². The molecule has 1 amide bonds. The van der Waals surface area contributed by atoms with E-state index >= 15 is 0 Å². The van der Waals surface area contributed by atoms with E-state index in [1.165, 1.54) is 0 Å². The van der Waals surface area contributed by atoms with Crippen LogP contribution in [-0.2, 0) is 13.6 Å². The van der Waals surface area contributed by atoms with E-state index in [2.05, 4.69) is 15.4 Å². The van der Waals surface area contributed by atoms with Gasteiger partial charge in [-0.2, -0.15) is 5.10 Å². The van der Waals surface area contributed by atoms with Crippen molar-refractivity contribution in [1.29, 1.82) is 0 Å². The van der Waals surface area contributed by atoms with E-state index in [0.29, 0.717) is 17.9 Å². The summed E-state index contributed by atoms with van der Waals surface area (Å²) in [5.41, 5.74) is 11.1. The Morgan fingerprint density at radius 1 is 1.25 bits per heavy atom. The maximum Gasteiger partial charge on any atom is 0.270 e. The predicted octanol–water partition coefficient (Wildman–Crippen LogP) is 2.41. The molecular formula is C18H21N5O. The molecule has 0 unspecified atom stereocenters. The van der Waals surface area contributed by atoms with E-state index in [-0.39, 0.29) is 5.91 Å². The van der Waals surface area contributed by atoms with Gasteiger partial charge in [-0.25, -0.2) is 0 Å². The van der Waals surface area contributed by atoms with Crippen molar-refractivity contribution in [3.8, 4) is 0 Å². The van der Waals surface area contributed by atoms with Crippen molar-refractivity contribution in [2.75, 3.05) is 5.73 Å². The highest BCUT2D eigenvalue weighted by Crippen LogP contribution is 2.25. The maximum atomic E-state index is 12.6. The van der Waals surface area contributed by atoms with Crippen LogP contribution in [0.25, 0.3) is 10.8 Å². The van der Waals surface area contributed by atoms with Gasteiger partial charge in [-0.15, -0.1) is 0 Å². The standard InChI is InChI=1S/C18H21N5O/c1-10-7-14-13(16(19)8-10)5-6-20-17(14)18(24)21-9-15-11(2)22-23(4)12(15)3/h5-8H,9,19H2,1-4H3,(H,21,24). The first-order chi connectivity index (χ1) is 11.4. The Morgan fingerprint density at radius 2 is 2.00 bits per heavy atom.